The van der Waals surface area contributed by atoms with Gasteiger partial charge in [-0.1, -0.05) is 22.0 Å². The van der Waals surface area contributed by atoms with Gasteiger partial charge in [-0.3, -0.25) is 20.2 Å². The first-order valence-electron chi connectivity index (χ1n) is 6.50. The number of nitrogens with zero attached hydrogens (tertiary/aromatic N) is 1. The molecule has 2 aromatic carbocycles. The fourth-order valence-electron chi connectivity index (χ4n) is 1.83. The minimum Gasteiger partial charge on any atom is -0.327 e. The molecule has 2 rings (SSSR count). The number of thiocarbonyl (C=S) groups is 1. The normalized spacial score (nSPS) is 10.0. The van der Waals surface area contributed by atoms with Crippen molar-refractivity contribution in [2.75, 3.05) is 5.32 Å². The van der Waals surface area contributed by atoms with Crippen molar-refractivity contribution < 1.29 is 9.72 Å². The first-order valence-corrected chi connectivity index (χ1v) is 7.70. The molecule has 0 saturated carbocycles. The van der Waals surface area contributed by atoms with Crippen molar-refractivity contribution in [3.8, 4) is 0 Å². The van der Waals surface area contributed by atoms with E-state index in [2.05, 4.69) is 26.6 Å². The van der Waals surface area contributed by atoms with Crippen molar-refractivity contribution in [3.63, 3.8) is 0 Å². The van der Waals surface area contributed by atoms with Gasteiger partial charge in [-0.25, -0.2) is 0 Å². The Bertz CT molecular complexity index is 778. The van der Waals surface area contributed by atoms with Gasteiger partial charge >= 0.3 is 0 Å². The van der Waals surface area contributed by atoms with E-state index < -0.39 is 10.8 Å². The lowest BCUT2D eigenvalue weighted by molar-refractivity contribution is -0.383. The second-order valence-electron chi connectivity index (χ2n) is 4.69. The average Bonchev–Trinajstić information content (AvgIpc) is 2.49. The molecule has 0 bridgehead atoms. The Morgan fingerprint density at radius 2 is 1.87 bits per heavy atom. The van der Waals surface area contributed by atoms with Crippen LogP contribution in [0.25, 0.3) is 0 Å². The highest BCUT2D eigenvalue weighted by Gasteiger charge is 2.16. The van der Waals surface area contributed by atoms with Crippen LogP contribution in [-0.4, -0.2) is 15.9 Å². The number of nitro benzene ring substituents is 1. The second-order valence-corrected chi connectivity index (χ2v) is 6.02. The van der Waals surface area contributed by atoms with Gasteiger partial charge in [0.15, 0.2) is 5.11 Å². The average molecular weight is 394 g/mol. The number of anilines is 1. The minimum atomic E-state index is -0.505. The molecule has 2 aromatic rings. The molecule has 0 unspecified atom stereocenters. The quantitative estimate of drug-likeness (QED) is 0.470. The lowest BCUT2D eigenvalue weighted by Gasteiger charge is -2.10. The zero-order valence-corrected chi connectivity index (χ0v) is 14.4. The summed E-state index contributed by atoms with van der Waals surface area (Å²) in [6.45, 7) is 1.75. The van der Waals surface area contributed by atoms with Crippen LogP contribution in [0.15, 0.2) is 46.9 Å². The van der Waals surface area contributed by atoms with Gasteiger partial charge in [-0.2, -0.15) is 0 Å². The Morgan fingerprint density at radius 1 is 1.22 bits per heavy atom. The topological polar surface area (TPSA) is 84.3 Å². The first kappa shape index (κ1) is 17.0. The van der Waals surface area contributed by atoms with E-state index in [0.717, 1.165) is 10.0 Å². The van der Waals surface area contributed by atoms with Crippen molar-refractivity contribution >= 4 is 50.5 Å². The molecule has 0 radical (unpaired) electrons. The number of hydrogen-bond donors (Lipinski definition) is 2. The molecule has 23 heavy (non-hydrogen) atoms. The number of hydrogen-bond acceptors (Lipinski definition) is 4. The Balaban J connectivity index is 2.09. The summed E-state index contributed by atoms with van der Waals surface area (Å²) in [5.74, 6) is -0.398. The first-order chi connectivity index (χ1) is 10.9. The van der Waals surface area contributed by atoms with E-state index in [4.69, 9.17) is 12.2 Å². The Hall–Kier alpha value is -2.32. The number of nitro groups is 1. The zero-order valence-electron chi connectivity index (χ0n) is 12.0. The standard InChI is InChI=1S/C15H12BrN3O3S/c1-9-2-7-12(13(8-9)19(21)22)17-15(23)18-14(20)10-3-5-11(16)6-4-10/h2-8H,1H3,(H2,17,18,20,23). The maximum absolute atomic E-state index is 12.0. The summed E-state index contributed by atoms with van der Waals surface area (Å²) in [7, 11) is 0. The maximum Gasteiger partial charge on any atom is 0.292 e. The number of benzene rings is 2. The molecule has 0 heterocycles. The summed E-state index contributed by atoms with van der Waals surface area (Å²) in [5, 5.41) is 16.2. The lowest BCUT2D eigenvalue weighted by Crippen LogP contribution is -2.34. The number of carbonyl (C=O) groups is 1. The predicted molar refractivity (Wildman–Crippen MR) is 95.7 cm³/mol. The second kappa shape index (κ2) is 7.30. The van der Waals surface area contributed by atoms with E-state index in [0.29, 0.717) is 5.56 Å². The molecule has 0 aliphatic carbocycles. The van der Waals surface area contributed by atoms with Crippen LogP contribution in [-0.2, 0) is 0 Å². The van der Waals surface area contributed by atoms with Gasteiger partial charge in [0.2, 0.25) is 0 Å². The molecule has 0 saturated heterocycles. The molecule has 0 atom stereocenters. The number of carbonyl (C=O) groups excluding carboxylic acids is 1. The number of halogens is 1. The van der Waals surface area contributed by atoms with E-state index in [1.54, 1.807) is 43.3 Å². The smallest absolute Gasteiger partial charge is 0.292 e. The highest BCUT2D eigenvalue weighted by molar-refractivity contribution is 9.10. The molecule has 0 aromatic heterocycles. The van der Waals surface area contributed by atoms with Crippen LogP contribution in [0.1, 0.15) is 15.9 Å². The molecule has 0 spiro atoms. The Morgan fingerprint density at radius 3 is 2.48 bits per heavy atom. The van der Waals surface area contributed by atoms with E-state index in [9.17, 15) is 14.9 Å². The van der Waals surface area contributed by atoms with Gasteiger partial charge in [0.05, 0.1) is 4.92 Å². The van der Waals surface area contributed by atoms with Gasteiger partial charge in [0, 0.05) is 16.1 Å². The molecule has 118 valence electrons. The fourth-order valence-corrected chi connectivity index (χ4v) is 2.30. The minimum absolute atomic E-state index is 0.00938. The van der Waals surface area contributed by atoms with Crippen LogP contribution >= 0.6 is 28.1 Å². The molecular formula is C15H12BrN3O3S. The number of aryl methyl sites for hydroxylation is 1. The molecule has 1 amide bonds. The number of rotatable bonds is 3. The molecule has 0 fully saturated rings. The van der Waals surface area contributed by atoms with Crippen molar-refractivity contribution in [2.45, 2.75) is 6.92 Å². The third-order valence-electron chi connectivity index (χ3n) is 2.93. The third-order valence-corrected chi connectivity index (χ3v) is 3.66. The lowest BCUT2D eigenvalue weighted by atomic mass is 10.2. The van der Waals surface area contributed by atoms with Crippen molar-refractivity contribution in [1.29, 1.82) is 0 Å². The van der Waals surface area contributed by atoms with Crippen molar-refractivity contribution in [3.05, 3.63) is 68.2 Å². The summed E-state index contributed by atoms with van der Waals surface area (Å²) in [6.07, 6.45) is 0. The number of nitrogens with one attached hydrogen (secondary N) is 2. The largest absolute Gasteiger partial charge is 0.327 e. The van der Waals surface area contributed by atoms with E-state index >= 15 is 0 Å². The molecule has 0 aliphatic rings. The molecule has 0 aliphatic heterocycles. The highest BCUT2D eigenvalue weighted by atomic mass is 79.9. The summed E-state index contributed by atoms with van der Waals surface area (Å²) in [6, 6.07) is 11.4. The van der Waals surface area contributed by atoms with Gasteiger partial charge in [-0.15, -0.1) is 0 Å². The summed E-state index contributed by atoms with van der Waals surface area (Å²) in [5.41, 5.74) is 1.30. The van der Waals surface area contributed by atoms with Crippen LogP contribution in [0.2, 0.25) is 0 Å². The van der Waals surface area contributed by atoms with Crippen LogP contribution in [0.4, 0.5) is 11.4 Å². The van der Waals surface area contributed by atoms with Crippen molar-refractivity contribution in [2.24, 2.45) is 0 Å². The van der Waals surface area contributed by atoms with E-state index in [1.807, 2.05) is 0 Å². The number of amides is 1. The Labute approximate surface area is 146 Å². The Kier molecular flexibility index (Phi) is 5.41. The van der Waals surface area contributed by atoms with Gasteiger partial charge in [0.25, 0.3) is 11.6 Å². The predicted octanol–water partition coefficient (Wildman–Crippen LogP) is 3.79. The van der Waals surface area contributed by atoms with Gasteiger partial charge in [0.1, 0.15) is 5.69 Å². The van der Waals surface area contributed by atoms with Crippen LogP contribution in [0, 0.1) is 17.0 Å². The van der Waals surface area contributed by atoms with Gasteiger partial charge in [-0.05, 0) is 55.0 Å². The summed E-state index contributed by atoms with van der Waals surface area (Å²) >= 11 is 8.33. The fraction of sp³-hybridized carbons (Fsp3) is 0.0667. The zero-order chi connectivity index (χ0) is 17.0. The van der Waals surface area contributed by atoms with E-state index in [-0.39, 0.29) is 16.5 Å². The van der Waals surface area contributed by atoms with Crippen molar-refractivity contribution in [1.82, 2.24) is 5.32 Å². The molecule has 8 heteroatoms. The maximum atomic E-state index is 12.0. The summed E-state index contributed by atoms with van der Waals surface area (Å²) < 4.78 is 0.852. The molecular weight excluding hydrogens is 382 g/mol. The highest BCUT2D eigenvalue weighted by Crippen LogP contribution is 2.25. The summed E-state index contributed by atoms with van der Waals surface area (Å²) in [4.78, 5) is 22.6. The monoisotopic (exact) mass is 393 g/mol. The third kappa shape index (κ3) is 4.57. The van der Waals surface area contributed by atoms with Crippen LogP contribution in [0.5, 0.6) is 0 Å². The van der Waals surface area contributed by atoms with E-state index in [1.165, 1.54) is 6.07 Å². The molecule has 2 N–H and O–H groups in total. The molecule has 6 nitrogen and oxygen atoms in total. The van der Waals surface area contributed by atoms with Crippen LogP contribution < -0.4 is 10.6 Å². The van der Waals surface area contributed by atoms with Gasteiger partial charge < -0.3 is 5.32 Å². The SMILES string of the molecule is Cc1ccc(NC(=S)NC(=O)c2ccc(Br)cc2)c([N+](=O)[O-])c1. The van der Waals surface area contributed by atoms with Crippen LogP contribution in [0.3, 0.4) is 0 Å².